The number of anilines is 1. The van der Waals surface area contributed by atoms with Gasteiger partial charge in [0.15, 0.2) is 0 Å². The molecule has 0 saturated carbocycles. The van der Waals surface area contributed by atoms with Crippen molar-refractivity contribution in [3.63, 3.8) is 0 Å². The molecule has 1 aromatic carbocycles. The Bertz CT molecular complexity index is 336. The molecule has 0 heterocycles. The van der Waals surface area contributed by atoms with E-state index in [0.717, 1.165) is 0 Å². The molecule has 0 bridgehead atoms. The Balaban J connectivity index is 3.08. The van der Waals surface area contributed by atoms with E-state index in [-0.39, 0.29) is 0 Å². The molecule has 4 heteroatoms. The summed E-state index contributed by atoms with van der Waals surface area (Å²) < 4.78 is 9.86. The third kappa shape index (κ3) is 2.16. The predicted molar refractivity (Wildman–Crippen MR) is 53.4 cm³/mol. The summed E-state index contributed by atoms with van der Waals surface area (Å²) in [6.45, 7) is 2.34. The van der Waals surface area contributed by atoms with Gasteiger partial charge in [-0.15, -0.1) is 0 Å². The molecule has 0 radical (unpaired) electrons. The van der Waals surface area contributed by atoms with Crippen molar-refractivity contribution in [2.24, 2.45) is 0 Å². The average Bonchev–Trinajstić information content (AvgIpc) is 2.20. The van der Waals surface area contributed by atoms with Gasteiger partial charge in [0.25, 0.3) is 0 Å². The van der Waals surface area contributed by atoms with Crippen LogP contribution in [0, 0.1) is 0 Å². The summed E-state index contributed by atoms with van der Waals surface area (Å²) in [7, 11) is 1.32. The van der Waals surface area contributed by atoms with E-state index in [0.29, 0.717) is 23.6 Å². The molecule has 0 amide bonds. The van der Waals surface area contributed by atoms with E-state index in [2.05, 4.69) is 4.74 Å². The van der Waals surface area contributed by atoms with Crippen LogP contribution in [0.1, 0.15) is 17.3 Å². The zero-order chi connectivity index (χ0) is 10.6. The second-order valence-electron chi connectivity index (χ2n) is 2.68. The molecule has 1 rings (SSSR count). The number of rotatable bonds is 3. The number of nitrogens with two attached hydrogens (primary N) is 1. The zero-order valence-corrected chi connectivity index (χ0v) is 8.24. The van der Waals surface area contributed by atoms with Crippen molar-refractivity contribution in [3.05, 3.63) is 23.8 Å². The standard InChI is InChI=1S/C10H13NO3/c1-3-14-9-5-4-7(11)6-8(9)10(12)13-2/h4-6H,3,11H2,1-2H3. The molecule has 0 saturated heterocycles. The number of carbonyl (C=O) groups excluding carboxylic acids is 1. The fraction of sp³-hybridized carbons (Fsp3) is 0.300. The van der Waals surface area contributed by atoms with E-state index in [4.69, 9.17) is 10.5 Å². The fourth-order valence-corrected chi connectivity index (χ4v) is 1.10. The Labute approximate surface area is 82.6 Å². The summed E-state index contributed by atoms with van der Waals surface area (Å²) in [5, 5.41) is 0. The van der Waals surface area contributed by atoms with Crippen LogP contribution in [-0.4, -0.2) is 19.7 Å². The van der Waals surface area contributed by atoms with Crippen LogP contribution in [0.4, 0.5) is 5.69 Å². The molecule has 0 aliphatic carbocycles. The molecule has 76 valence electrons. The van der Waals surface area contributed by atoms with E-state index in [1.165, 1.54) is 13.2 Å². The van der Waals surface area contributed by atoms with Gasteiger partial charge in [0.05, 0.1) is 13.7 Å². The quantitative estimate of drug-likeness (QED) is 0.585. The molecule has 0 spiro atoms. The van der Waals surface area contributed by atoms with Gasteiger partial charge in [-0.1, -0.05) is 0 Å². The second kappa shape index (κ2) is 4.50. The molecule has 1 aromatic rings. The maximum Gasteiger partial charge on any atom is 0.341 e. The van der Waals surface area contributed by atoms with E-state index in [1.54, 1.807) is 12.1 Å². The van der Waals surface area contributed by atoms with Gasteiger partial charge in [-0.05, 0) is 25.1 Å². The Hall–Kier alpha value is -1.71. The monoisotopic (exact) mass is 195 g/mol. The van der Waals surface area contributed by atoms with Crippen LogP contribution >= 0.6 is 0 Å². The summed E-state index contributed by atoms with van der Waals surface area (Å²) >= 11 is 0. The number of nitrogen functional groups attached to an aromatic ring is 1. The Morgan fingerprint density at radius 1 is 1.50 bits per heavy atom. The van der Waals surface area contributed by atoms with Crippen molar-refractivity contribution in [1.82, 2.24) is 0 Å². The molecule has 4 nitrogen and oxygen atoms in total. The van der Waals surface area contributed by atoms with Crippen LogP contribution in [0.15, 0.2) is 18.2 Å². The molecular weight excluding hydrogens is 182 g/mol. The van der Waals surface area contributed by atoms with E-state index in [1.807, 2.05) is 6.92 Å². The van der Waals surface area contributed by atoms with E-state index >= 15 is 0 Å². The van der Waals surface area contributed by atoms with Gasteiger partial charge in [-0.2, -0.15) is 0 Å². The molecule has 14 heavy (non-hydrogen) atoms. The summed E-state index contributed by atoms with van der Waals surface area (Å²) in [5.41, 5.74) is 6.42. The number of carbonyl (C=O) groups is 1. The molecule has 0 atom stereocenters. The zero-order valence-electron chi connectivity index (χ0n) is 8.24. The molecule has 0 fully saturated rings. The Kier molecular flexibility index (Phi) is 3.34. The highest BCUT2D eigenvalue weighted by Crippen LogP contribution is 2.22. The molecule has 0 aliphatic heterocycles. The van der Waals surface area contributed by atoms with Crippen LogP contribution < -0.4 is 10.5 Å². The maximum atomic E-state index is 11.3. The first-order chi connectivity index (χ1) is 6.69. The van der Waals surface area contributed by atoms with Crippen molar-refractivity contribution in [2.45, 2.75) is 6.92 Å². The average molecular weight is 195 g/mol. The van der Waals surface area contributed by atoms with Gasteiger partial charge in [0, 0.05) is 5.69 Å². The summed E-state index contributed by atoms with van der Waals surface area (Å²) in [4.78, 5) is 11.3. The molecule has 0 aliphatic rings. The van der Waals surface area contributed by atoms with Gasteiger partial charge in [-0.25, -0.2) is 4.79 Å². The second-order valence-corrected chi connectivity index (χ2v) is 2.68. The van der Waals surface area contributed by atoms with Gasteiger partial charge >= 0.3 is 5.97 Å². The summed E-state index contributed by atoms with van der Waals surface area (Å²) in [5.74, 6) is 0.0503. The van der Waals surface area contributed by atoms with E-state index in [9.17, 15) is 4.79 Å². The highest BCUT2D eigenvalue weighted by Gasteiger charge is 2.12. The number of hydrogen-bond acceptors (Lipinski definition) is 4. The van der Waals surface area contributed by atoms with Crippen molar-refractivity contribution in [1.29, 1.82) is 0 Å². The SMILES string of the molecule is CCOc1ccc(N)cc1C(=O)OC. The molecule has 0 aromatic heterocycles. The molecule has 2 N–H and O–H groups in total. The Morgan fingerprint density at radius 2 is 2.21 bits per heavy atom. The van der Waals surface area contributed by atoms with Crippen molar-refractivity contribution in [2.75, 3.05) is 19.5 Å². The number of benzene rings is 1. The number of hydrogen-bond donors (Lipinski definition) is 1. The van der Waals surface area contributed by atoms with Crippen LogP contribution in [0.2, 0.25) is 0 Å². The number of methoxy groups -OCH3 is 1. The van der Waals surface area contributed by atoms with Crippen molar-refractivity contribution in [3.8, 4) is 5.75 Å². The van der Waals surface area contributed by atoms with Gasteiger partial charge < -0.3 is 15.2 Å². The Morgan fingerprint density at radius 3 is 2.79 bits per heavy atom. The first-order valence-electron chi connectivity index (χ1n) is 4.29. The first kappa shape index (κ1) is 10.4. The molecular formula is C10H13NO3. The van der Waals surface area contributed by atoms with Crippen LogP contribution in [-0.2, 0) is 4.74 Å². The lowest BCUT2D eigenvalue weighted by Crippen LogP contribution is -2.06. The number of esters is 1. The highest BCUT2D eigenvalue weighted by molar-refractivity contribution is 5.93. The predicted octanol–water partition coefficient (Wildman–Crippen LogP) is 1.45. The minimum Gasteiger partial charge on any atom is -0.493 e. The third-order valence-electron chi connectivity index (χ3n) is 1.71. The maximum absolute atomic E-state index is 11.3. The van der Waals surface area contributed by atoms with Crippen molar-refractivity contribution < 1.29 is 14.3 Å². The smallest absolute Gasteiger partial charge is 0.341 e. The summed E-state index contributed by atoms with van der Waals surface area (Å²) in [6, 6.07) is 4.87. The van der Waals surface area contributed by atoms with Crippen molar-refractivity contribution >= 4 is 11.7 Å². The van der Waals surface area contributed by atoms with Gasteiger partial charge in [0.1, 0.15) is 11.3 Å². The highest BCUT2D eigenvalue weighted by atomic mass is 16.5. The summed E-state index contributed by atoms with van der Waals surface area (Å²) in [6.07, 6.45) is 0. The topological polar surface area (TPSA) is 61.5 Å². The van der Waals surface area contributed by atoms with Crippen LogP contribution in [0.25, 0.3) is 0 Å². The number of ether oxygens (including phenoxy) is 2. The third-order valence-corrected chi connectivity index (χ3v) is 1.71. The van der Waals surface area contributed by atoms with Gasteiger partial charge in [0.2, 0.25) is 0 Å². The largest absolute Gasteiger partial charge is 0.493 e. The normalized spacial score (nSPS) is 9.57. The van der Waals surface area contributed by atoms with Crippen LogP contribution in [0.5, 0.6) is 5.75 Å². The van der Waals surface area contributed by atoms with Gasteiger partial charge in [-0.3, -0.25) is 0 Å². The lowest BCUT2D eigenvalue weighted by Gasteiger charge is -2.08. The minimum absolute atomic E-state index is 0.356. The lowest BCUT2D eigenvalue weighted by molar-refractivity contribution is 0.0596. The van der Waals surface area contributed by atoms with Crippen LogP contribution in [0.3, 0.4) is 0 Å². The lowest BCUT2D eigenvalue weighted by atomic mass is 10.2. The fourth-order valence-electron chi connectivity index (χ4n) is 1.10. The van der Waals surface area contributed by atoms with E-state index < -0.39 is 5.97 Å². The molecule has 0 unspecified atom stereocenters. The minimum atomic E-state index is -0.444. The first-order valence-corrected chi connectivity index (χ1v) is 4.29.